The first kappa shape index (κ1) is 23.1. The van der Waals surface area contributed by atoms with Gasteiger partial charge in [-0.15, -0.1) is 0 Å². The van der Waals surface area contributed by atoms with Gasteiger partial charge in [-0.05, 0) is 43.2 Å². The number of rotatable bonds is 8. The number of likely N-dealkylation sites (tertiary alicyclic amines) is 1. The summed E-state index contributed by atoms with van der Waals surface area (Å²) >= 11 is 0.790. The second-order valence-electron chi connectivity index (χ2n) is 6.91. The van der Waals surface area contributed by atoms with Crippen LogP contribution in [0.25, 0.3) is 0 Å². The number of nitrogens with one attached hydrogen (secondary N) is 1. The van der Waals surface area contributed by atoms with Crippen molar-refractivity contribution < 1.29 is 17.2 Å². The van der Waals surface area contributed by atoms with Gasteiger partial charge in [-0.2, -0.15) is 14.6 Å². The SMILES string of the molecule is C=C(/C=C\N=NC)[C@H]1CCCCN1Cc1cc(F)c(S(=O)(=O)Nc2ncns2)cc1F. The average molecular weight is 469 g/mol. The lowest BCUT2D eigenvalue weighted by Gasteiger charge is -2.36. The first-order valence-corrected chi connectivity index (χ1v) is 11.7. The quantitative estimate of drug-likeness (QED) is 0.464. The van der Waals surface area contributed by atoms with Gasteiger partial charge in [-0.1, -0.05) is 13.0 Å². The Morgan fingerprint density at radius 1 is 1.39 bits per heavy atom. The van der Waals surface area contributed by atoms with Gasteiger partial charge in [0.05, 0.1) is 0 Å². The van der Waals surface area contributed by atoms with Crippen LogP contribution < -0.4 is 4.72 Å². The van der Waals surface area contributed by atoms with Gasteiger partial charge < -0.3 is 0 Å². The second kappa shape index (κ2) is 10.2. The molecule has 0 saturated carbocycles. The summed E-state index contributed by atoms with van der Waals surface area (Å²) < 4.78 is 60.1. The van der Waals surface area contributed by atoms with Gasteiger partial charge >= 0.3 is 0 Å². The molecule has 1 aliphatic heterocycles. The third kappa shape index (κ3) is 5.77. The lowest BCUT2D eigenvalue weighted by molar-refractivity contribution is 0.164. The minimum absolute atomic E-state index is 0.0331. The summed E-state index contributed by atoms with van der Waals surface area (Å²) in [7, 11) is -2.78. The van der Waals surface area contributed by atoms with Crippen LogP contribution in [0.4, 0.5) is 13.9 Å². The molecule has 1 aromatic heterocycles. The van der Waals surface area contributed by atoms with Gasteiger partial charge in [0.25, 0.3) is 10.0 Å². The number of halogens is 2. The second-order valence-corrected chi connectivity index (χ2v) is 9.35. The summed E-state index contributed by atoms with van der Waals surface area (Å²) in [4.78, 5) is 4.92. The molecule has 3 rings (SSSR count). The fourth-order valence-corrected chi connectivity index (χ4v) is 5.14. The van der Waals surface area contributed by atoms with Crippen molar-refractivity contribution in [3.8, 4) is 0 Å². The predicted octanol–water partition coefficient (Wildman–Crippen LogP) is 4.12. The summed E-state index contributed by atoms with van der Waals surface area (Å²) in [6.45, 7) is 4.88. The van der Waals surface area contributed by atoms with E-state index >= 15 is 0 Å². The molecule has 2 aromatic rings. The highest BCUT2D eigenvalue weighted by Gasteiger charge is 2.27. The van der Waals surface area contributed by atoms with Crippen molar-refractivity contribution in [1.29, 1.82) is 0 Å². The van der Waals surface area contributed by atoms with E-state index in [0.717, 1.165) is 48.8 Å². The largest absolute Gasteiger partial charge is 0.292 e. The van der Waals surface area contributed by atoms with Crippen LogP contribution in [0.5, 0.6) is 0 Å². The Bertz CT molecular complexity index is 1090. The van der Waals surface area contributed by atoms with Gasteiger partial charge in [-0.3, -0.25) is 9.62 Å². The van der Waals surface area contributed by atoms with E-state index in [-0.39, 0.29) is 23.3 Å². The zero-order valence-corrected chi connectivity index (χ0v) is 18.5. The van der Waals surface area contributed by atoms with Gasteiger partial charge in [0.2, 0.25) is 5.13 Å². The van der Waals surface area contributed by atoms with Crippen molar-refractivity contribution in [2.24, 2.45) is 10.2 Å². The summed E-state index contributed by atoms with van der Waals surface area (Å²) in [5.41, 5.74) is 0.873. The maximum atomic E-state index is 14.8. The molecule has 12 heteroatoms. The van der Waals surface area contributed by atoms with Crippen molar-refractivity contribution in [2.75, 3.05) is 18.3 Å². The molecule has 166 valence electrons. The van der Waals surface area contributed by atoms with Crippen molar-refractivity contribution in [3.63, 3.8) is 0 Å². The van der Waals surface area contributed by atoms with E-state index < -0.39 is 26.6 Å². The normalized spacial score (nSPS) is 18.1. The van der Waals surface area contributed by atoms with E-state index in [1.165, 1.54) is 0 Å². The van der Waals surface area contributed by atoms with Crippen LogP contribution in [0.1, 0.15) is 24.8 Å². The smallest absolute Gasteiger partial charge is 0.266 e. The fourth-order valence-electron chi connectivity index (χ4n) is 3.41. The molecule has 0 amide bonds. The lowest BCUT2D eigenvalue weighted by Crippen LogP contribution is -2.39. The Hall–Kier alpha value is -2.57. The molecule has 0 spiro atoms. The maximum Gasteiger partial charge on any atom is 0.266 e. The monoisotopic (exact) mass is 468 g/mol. The van der Waals surface area contributed by atoms with Crippen LogP contribution >= 0.6 is 11.5 Å². The highest BCUT2D eigenvalue weighted by atomic mass is 32.2. The van der Waals surface area contributed by atoms with Crippen molar-refractivity contribution in [1.82, 2.24) is 14.3 Å². The molecule has 31 heavy (non-hydrogen) atoms. The number of piperidine rings is 1. The molecule has 1 fully saturated rings. The number of anilines is 1. The molecular weight excluding hydrogens is 446 g/mol. The minimum atomic E-state index is -4.34. The zero-order chi connectivity index (χ0) is 22.4. The number of aromatic nitrogens is 2. The maximum absolute atomic E-state index is 14.8. The van der Waals surface area contributed by atoms with Crippen molar-refractivity contribution in [2.45, 2.75) is 36.7 Å². The Balaban J connectivity index is 1.81. The molecule has 1 aliphatic rings. The molecule has 1 atom stereocenters. The van der Waals surface area contributed by atoms with E-state index in [1.54, 1.807) is 19.3 Å². The zero-order valence-electron chi connectivity index (χ0n) is 16.8. The molecule has 0 bridgehead atoms. The molecule has 1 saturated heterocycles. The fraction of sp³-hybridized carbons (Fsp3) is 0.368. The topological polar surface area (TPSA) is 99.9 Å². The van der Waals surface area contributed by atoms with E-state index in [4.69, 9.17) is 0 Å². The van der Waals surface area contributed by atoms with Gasteiger partial charge in [0.15, 0.2) is 0 Å². The Kier molecular flexibility index (Phi) is 7.57. The molecule has 1 aromatic carbocycles. The molecular formula is C19H22F2N6O2S2. The lowest BCUT2D eigenvalue weighted by atomic mass is 9.95. The number of sulfonamides is 1. The number of hydrogen-bond donors (Lipinski definition) is 1. The highest BCUT2D eigenvalue weighted by molar-refractivity contribution is 7.93. The summed E-state index contributed by atoms with van der Waals surface area (Å²) in [5, 5.41) is 7.40. The molecule has 2 heterocycles. The average Bonchev–Trinajstić information content (AvgIpc) is 3.23. The van der Waals surface area contributed by atoms with Crippen LogP contribution in [-0.4, -0.2) is 42.3 Å². The van der Waals surface area contributed by atoms with Crippen LogP contribution in [-0.2, 0) is 16.6 Å². The van der Waals surface area contributed by atoms with E-state index in [9.17, 15) is 17.2 Å². The van der Waals surface area contributed by atoms with Gasteiger partial charge in [-0.25, -0.2) is 22.2 Å². The molecule has 8 nitrogen and oxygen atoms in total. The Morgan fingerprint density at radius 3 is 2.90 bits per heavy atom. The Morgan fingerprint density at radius 2 is 2.19 bits per heavy atom. The van der Waals surface area contributed by atoms with Crippen molar-refractivity contribution in [3.05, 3.63) is 60.1 Å². The van der Waals surface area contributed by atoms with Gasteiger partial charge in [0.1, 0.15) is 22.9 Å². The van der Waals surface area contributed by atoms with Crippen LogP contribution in [0.3, 0.4) is 0 Å². The molecule has 0 radical (unpaired) electrons. The van der Waals surface area contributed by atoms with Crippen LogP contribution in [0.15, 0.2) is 58.0 Å². The minimum Gasteiger partial charge on any atom is -0.292 e. The Labute approximate surface area is 183 Å². The third-order valence-corrected chi connectivity index (χ3v) is 6.92. The predicted molar refractivity (Wildman–Crippen MR) is 114 cm³/mol. The van der Waals surface area contributed by atoms with E-state index in [1.807, 2.05) is 4.90 Å². The van der Waals surface area contributed by atoms with Crippen molar-refractivity contribution >= 4 is 26.7 Å². The van der Waals surface area contributed by atoms with Crippen LogP contribution in [0, 0.1) is 11.6 Å². The molecule has 1 N–H and O–H groups in total. The van der Waals surface area contributed by atoms with Crippen LogP contribution in [0.2, 0.25) is 0 Å². The van der Waals surface area contributed by atoms with Gasteiger partial charge in [0, 0.05) is 42.9 Å². The molecule has 0 unspecified atom stereocenters. The number of azo groups is 1. The standard InChI is InChI=1S/C19H22F2N6O2S2/c1-13(6-7-24-22-2)17-5-3-4-8-27(17)11-14-9-16(21)18(10-15(14)20)31(28,29)26-19-23-12-25-30-19/h6-7,9-10,12,17H,1,3-5,8,11H2,2H3,(H,23,25,26)/b7-6-,24-22?/t17-/m1/s1. The number of nitrogens with zero attached hydrogens (tertiary/aromatic N) is 5. The summed E-state index contributed by atoms with van der Waals surface area (Å²) in [5.74, 6) is -1.84. The summed E-state index contributed by atoms with van der Waals surface area (Å²) in [6.07, 6.45) is 7.20. The molecule has 0 aliphatic carbocycles. The first-order chi connectivity index (χ1) is 14.8. The third-order valence-electron chi connectivity index (χ3n) is 4.86. The number of hydrogen-bond acceptors (Lipinski definition) is 8. The number of benzene rings is 1. The van der Waals surface area contributed by atoms with E-state index in [0.29, 0.717) is 12.6 Å². The first-order valence-electron chi connectivity index (χ1n) is 9.47. The highest BCUT2D eigenvalue weighted by Crippen LogP contribution is 2.28. The van der Waals surface area contributed by atoms with E-state index in [2.05, 4.69) is 30.9 Å². The summed E-state index contributed by atoms with van der Waals surface area (Å²) in [6, 6.07) is 1.57.